The first kappa shape index (κ1) is 15.0. The van der Waals surface area contributed by atoms with Crippen molar-refractivity contribution in [2.24, 2.45) is 0 Å². The molecule has 0 aliphatic heterocycles. The molecule has 106 valence electrons. The minimum Gasteiger partial charge on any atom is -0.309 e. The molecule has 2 aromatic rings. The van der Waals surface area contributed by atoms with Crippen LogP contribution in [0, 0.1) is 26.6 Å². The van der Waals surface area contributed by atoms with Crippen LogP contribution in [-0.4, -0.2) is 7.05 Å². The first-order valence-corrected chi connectivity index (χ1v) is 7.01. The average molecular weight is 292 g/mol. The van der Waals surface area contributed by atoms with E-state index in [0.717, 1.165) is 11.1 Å². The first-order chi connectivity index (χ1) is 9.43. The summed E-state index contributed by atoms with van der Waals surface area (Å²) < 4.78 is 13.7. The van der Waals surface area contributed by atoms with Gasteiger partial charge in [0.25, 0.3) is 0 Å². The van der Waals surface area contributed by atoms with Gasteiger partial charge in [-0.3, -0.25) is 0 Å². The number of aryl methyl sites for hydroxylation is 3. The maximum Gasteiger partial charge on any atom is 0.142 e. The van der Waals surface area contributed by atoms with Crippen molar-refractivity contribution in [1.82, 2.24) is 5.32 Å². The molecule has 1 atom stereocenters. The van der Waals surface area contributed by atoms with Crippen molar-refractivity contribution in [2.45, 2.75) is 26.8 Å². The fourth-order valence-corrected chi connectivity index (χ4v) is 2.61. The Balaban J connectivity index is 2.52. The van der Waals surface area contributed by atoms with Gasteiger partial charge in [0.2, 0.25) is 0 Å². The lowest BCUT2D eigenvalue weighted by molar-refractivity contribution is 0.616. The molecule has 0 spiro atoms. The molecule has 1 nitrogen and oxygen atoms in total. The van der Waals surface area contributed by atoms with E-state index in [-0.39, 0.29) is 16.9 Å². The van der Waals surface area contributed by atoms with Gasteiger partial charge in [0, 0.05) is 0 Å². The van der Waals surface area contributed by atoms with Crippen molar-refractivity contribution in [3.63, 3.8) is 0 Å². The monoisotopic (exact) mass is 291 g/mol. The van der Waals surface area contributed by atoms with E-state index in [4.69, 9.17) is 11.6 Å². The Hall–Kier alpha value is -1.38. The number of hydrogen-bond donors (Lipinski definition) is 1. The minimum absolute atomic E-state index is 0.0407. The van der Waals surface area contributed by atoms with E-state index in [1.54, 1.807) is 6.07 Å². The van der Waals surface area contributed by atoms with Gasteiger partial charge in [-0.1, -0.05) is 29.8 Å². The van der Waals surface area contributed by atoms with Crippen LogP contribution in [0.3, 0.4) is 0 Å². The maximum absolute atomic E-state index is 13.7. The lowest BCUT2D eigenvalue weighted by atomic mass is 9.92. The van der Waals surface area contributed by atoms with Crippen LogP contribution in [0.5, 0.6) is 0 Å². The van der Waals surface area contributed by atoms with Crippen LogP contribution in [0.25, 0.3) is 0 Å². The predicted octanol–water partition coefficient (Wildman–Crippen LogP) is 4.71. The highest BCUT2D eigenvalue weighted by Gasteiger charge is 2.16. The quantitative estimate of drug-likeness (QED) is 0.863. The second kappa shape index (κ2) is 5.94. The predicted molar refractivity (Wildman–Crippen MR) is 83.0 cm³/mol. The van der Waals surface area contributed by atoms with Gasteiger partial charge in [0.1, 0.15) is 5.82 Å². The molecular formula is C17H19ClFN. The maximum atomic E-state index is 13.7. The zero-order chi connectivity index (χ0) is 14.9. The van der Waals surface area contributed by atoms with E-state index >= 15 is 0 Å². The van der Waals surface area contributed by atoms with Gasteiger partial charge in [-0.15, -0.1) is 0 Å². The Morgan fingerprint density at radius 3 is 2.25 bits per heavy atom. The van der Waals surface area contributed by atoms with Crippen LogP contribution in [0.4, 0.5) is 4.39 Å². The number of nitrogens with one attached hydrogen (secondary N) is 1. The second-order valence-electron chi connectivity index (χ2n) is 5.19. The van der Waals surface area contributed by atoms with E-state index in [9.17, 15) is 4.39 Å². The summed E-state index contributed by atoms with van der Waals surface area (Å²) in [5.74, 6) is -0.383. The molecule has 1 N–H and O–H groups in total. The highest BCUT2D eigenvalue weighted by atomic mass is 35.5. The fourth-order valence-electron chi connectivity index (χ4n) is 2.49. The van der Waals surface area contributed by atoms with Crippen LogP contribution < -0.4 is 5.32 Å². The van der Waals surface area contributed by atoms with Gasteiger partial charge < -0.3 is 5.32 Å². The van der Waals surface area contributed by atoms with Crippen LogP contribution in [0.2, 0.25) is 5.02 Å². The second-order valence-corrected chi connectivity index (χ2v) is 5.60. The third-order valence-corrected chi connectivity index (χ3v) is 4.07. The number of hydrogen-bond acceptors (Lipinski definition) is 1. The summed E-state index contributed by atoms with van der Waals surface area (Å²) >= 11 is 5.76. The smallest absolute Gasteiger partial charge is 0.142 e. The zero-order valence-corrected chi connectivity index (χ0v) is 13.0. The summed E-state index contributed by atoms with van der Waals surface area (Å²) in [5.41, 5.74) is 5.74. The molecule has 0 aromatic heterocycles. The van der Waals surface area contributed by atoms with Gasteiger partial charge in [-0.05, 0) is 67.8 Å². The van der Waals surface area contributed by atoms with E-state index < -0.39 is 0 Å². The molecule has 0 bridgehead atoms. The van der Waals surface area contributed by atoms with Crippen molar-refractivity contribution >= 4 is 11.6 Å². The van der Waals surface area contributed by atoms with E-state index in [0.29, 0.717) is 0 Å². The molecule has 0 aliphatic rings. The van der Waals surface area contributed by atoms with Gasteiger partial charge >= 0.3 is 0 Å². The standard InChI is InChI=1S/C17H19ClFN/c1-10-7-12(3)14(8-11(10)2)17(20-4)13-5-6-15(18)16(19)9-13/h5-9,17,20H,1-4H3. The van der Waals surface area contributed by atoms with E-state index in [1.807, 2.05) is 13.1 Å². The zero-order valence-electron chi connectivity index (χ0n) is 12.2. The van der Waals surface area contributed by atoms with Crippen molar-refractivity contribution < 1.29 is 4.39 Å². The van der Waals surface area contributed by atoms with Crippen molar-refractivity contribution in [1.29, 1.82) is 0 Å². The highest BCUT2D eigenvalue weighted by Crippen LogP contribution is 2.29. The summed E-state index contributed by atoms with van der Waals surface area (Å²) in [5, 5.41) is 3.41. The number of halogens is 2. The summed E-state index contributed by atoms with van der Waals surface area (Å²) in [6.07, 6.45) is 0. The van der Waals surface area contributed by atoms with Crippen LogP contribution >= 0.6 is 11.6 Å². The van der Waals surface area contributed by atoms with E-state index in [2.05, 4.69) is 38.2 Å². The summed E-state index contributed by atoms with van der Waals surface area (Å²) in [6, 6.07) is 9.26. The molecule has 0 radical (unpaired) electrons. The lowest BCUT2D eigenvalue weighted by Crippen LogP contribution is -2.19. The fraction of sp³-hybridized carbons (Fsp3) is 0.294. The molecule has 20 heavy (non-hydrogen) atoms. The first-order valence-electron chi connectivity index (χ1n) is 6.64. The molecular weight excluding hydrogens is 273 g/mol. The normalized spacial score (nSPS) is 12.5. The Bertz CT molecular complexity index is 637. The highest BCUT2D eigenvalue weighted by molar-refractivity contribution is 6.30. The largest absolute Gasteiger partial charge is 0.309 e. The average Bonchev–Trinajstić information content (AvgIpc) is 2.40. The summed E-state index contributed by atoms with van der Waals surface area (Å²) in [7, 11) is 1.88. The minimum atomic E-state index is -0.383. The van der Waals surface area contributed by atoms with Gasteiger partial charge in [-0.25, -0.2) is 4.39 Å². The van der Waals surface area contributed by atoms with Crippen LogP contribution in [0.15, 0.2) is 30.3 Å². The molecule has 1 unspecified atom stereocenters. The molecule has 2 rings (SSSR count). The molecule has 0 saturated carbocycles. The Morgan fingerprint density at radius 1 is 1.00 bits per heavy atom. The molecule has 0 aliphatic carbocycles. The Morgan fingerprint density at radius 2 is 1.65 bits per heavy atom. The summed E-state index contributed by atoms with van der Waals surface area (Å²) in [4.78, 5) is 0. The third kappa shape index (κ3) is 2.87. The number of benzene rings is 2. The van der Waals surface area contributed by atoms with Gasteiger partial charge in [0.05, 0.1) is 11.1 Å². The molecule has 0 saturated heterocycles. The molecule has 0 amide bonds. The molecule has 0 heterocycles. The van der Waals surface area contributed by atoms with Crippen LogP contribution in [0.1, 0.15) is 33.9 Å². The van der Waals surface area contributed by atoms with Crippen molar-refractivity contribution in [3.8, 4) is 0 Å². The van der Waals surface area contributed by atoms with Gasteiger partial charge in [0.15, 0.2) is 0 Å². The molecule has 2 aromatic carbocycles. The topological polar surface area (TPSA) is 12.0 Å². The van der Waals surface area contributed by atoms with Crippen molar-refractivity contribution in [3.05, 3.63) is 69.0 Å². The Labute approximate surface area is 124 Å². The summed E-state index contributed by atoms with van der Waals surface area (Å²) in [6.45, 7) is 6.27. The molecule has 3 heteroatoms. The van der Waals surface area contributed by atoms with Gasteiger partial charge in [-0.2, -0.15) is 0 Å². The SMILES string of the molecule is CNC(c1ccc(Cl)c(F)c1)c1cc(C)c(C)cc1C. The third-order valence-electron chi connectivity index (χ3n) is 3.76. The molecule has 0 fully saturated rings. The lowest BCUT2D eigenvalue weighted by Gasteiger charge is -2.21. The Kier molecular flexibility index (Phi) is 4.46. The number of rotatable bonds is 3. The van der Waals surface area contributed by atoms with Crippen molar-refractivity contribution in [2.75, 3.05) is 7.05 Å². The van der Waals surface area contributed by atoms with E-state index in [1.165, 1.54) is 22.8 Å². The van der Waals surface area contributed by atoms with Crippen LogP contribution in [-0.2, 0) is 0 Å².